The van der Waals surface area contributed by atoms with Crippen molar-refractivity contribution in [3.63, 3.8) is 0 Å². The van der Waals surface area contributed by atoms with Crippen molar-refractivity contribution in [2.24, 2.45) is 0 Å². The van der Waals surface area contributed by atoms with Crippen LogP contribution in [0.15, 0.2) is 167 Å². The van der Waals surface area contributed by atoms with Crippen LogP contribution in [-0.4, -0.2) is 19.1 Å². The van der Waals surface area contributed by atoms with E-state index in [2.05, 4.69) is 149 Å². The molecule has 0 aliphatic carbocycles. The minimum atomic E-state index is 0.607. The Kier molecular flexibility index (Phi) is 5.41. The monoisotopic (exact) mass is 666 g/mol. The summed E-state index contributed by atoms with van der Waals surface area (Å²) in [6.45, 7) is 0. The number of benzene rings is 7. The maximum absolute atomic E-state index is 6.48. The maximum Gasteiger partial charge on any atom is 0.235 e. The van der Waals surface area contributed by atoms with E-state index in [0.29, 0.717) is 11.5 Å². The Hall–Kier alpha value is -7.18. The molecular formula is C46H26N4O2. The van der Waals surface area contributed by atoms with Gasteiger partial charge in [0.1, 0.15) is 22.3 Å². The Balaban J connectivity index is 1.16. The molecule has 0 saturated heterocycles. The molecule has 6 heteroatoms. The van der Waals surface area contributed by atoms with Gasteiger partial charge in [0.05, 0.1) is 39.3 Å². The smallest absolute Gasteiger partial charge is 0.235 e. The normalized spacial score (nSPS) is 12.2. The molecular weight excluding hydrogens is 641 g/mol. The lowest BCUT2D eigenvalue weighted by Crippen LogP contribution is -2.00. The van der Waals surface area contributed by atoms with Crippen molar-refractivity contribution in [1.82, 2.24) is 19.1 Å². The third kappa shape index (κ3) is 3.67. The Morgan fingerprint density at radius 2 is 0.942 bits per heavy atom. The van der Waals surface area contributed by atoms with Gasteiger partial charge < -0.3 is 13.4 Å². The first-order valence-electron chi connectivity index (χ1n) is 17.4. The van der Waals surface area contributed by atoms with Crippen molar-refractivity contribution in [3.05, 3.63) is 158 Å². The van der Waals surface area contributed by atoms with Crippen molar-refractivity contribution in [1.29, 1.82) is 0 Å². The van der Waals surface area contributed by atoms with Crippen LogP contribution in [0.4, 0.5) is 0 Å². The molecule has 0 spiro atoms. The zero-order valence-corrected chi connectivity index (χ0v) is 27.6. The van der Waals surface area contributed by atoms with Gasteiger partial charge in [-0.15, -0.1) is 0 Å². The fraction of sp³-hybridized carbons (Fsp3) is 0. The molecule has 0 radical (unpaired) electrons. The molecule has 0 aliphatic heterocycles. The zero-order chi connectivity index (χ0) is 33.9. The second kappa shape index (κ2) is 10.2. The highest BCUT2D eigenvalue weighted by atomic mass is 16.3. The van der Waals surface area contributed by atoms with E-state index in [1.165, 1.54) is 21.5 Å². The zero-order valence-electron chi connectivity index (χ0n) is 27.6. The molecule has 0 amide bonds. The van der Waals surface area contributed by atoms with E-state index in [4.69, 9.17) is 18.8 Å². The summed E-state index contributed by atoms with van der Waals surface area (Å²) in [6, 6.07) is 53.1. The van der Waals surface area contributed by atoms with Crippen molar-refractivity contribution in [3.8, 4) is 22.8 Å². The first-order valence-corrected chi connectivity index (χ1v) is 17.4. The van der Waals surface area contributed by atoms with Crippen LogP contribution in [0.3, 0.4) is 0 Å². The molecule has 0 fully saturated rings. The number of fused-ring (bicyclic) bond motifs is 12. The lowest BCUT2D eigenvalue weighted by Gasteiger charge is -2.16. The summed E-state index contributed by atoms with van der Waals surface area (Å²) >= 11 is 0. The minimum Gasteiger partial charge on any atom is -0.456 e. The number of hydrogen-bond donors (Lipinski definition) is 0. The maximum atomic E-state index is 6.48. The Labute approximate surface area is 295 Å². The van der Waals surface area contributed by atoms with Crippen molar-refractivity contribution in [2.45, 2.75) is 0 Å². The molecule has 0 saturated carbocycles. The van der Waals surface area contributed by atoms with Gasteiger partial charge in [-0.2, -0.15) is 0 Å². The van der Waals surface area contributed by atoms with Crippen LogP contribution < -0.4 is 0 Å². The van der Waals surface area contributed by atoms with Crippen LogP contribution in [0, 0.1) is 0 Å². The molecule has 242 valence electrons. The standard InChI is InChI=1S/C46H26N4O2/c1-6-16-35-29(11-1)30-12-2-7-17-36(30)49(35)45-28(22-24-41-43(45)33-15-5-10-20-39(33)51-41)27-21-23-40-34(25-27)44-42(52-40)26-47-46(48-44)50-37-18-8-3-13-31(37)32-14-4-9-19-38(32)50/h1-26H. The van der Waals surface area contributed by atoms with Gasteiger partial charge in [0.2, 0.25) is 5.95 Å². The molecule has 12 rings (SSSR count). The van der Waals surface area contributed by atoms with E-state index < -0.39 is 0 Å². The fourth-order valence-corrected chi connectivity index (χ4v) is 8.39. The highest BCUT2D eigenvalue weighted by Gasteiger charge is 2.23. The van der Waals surface area contributed by atoms with Crippen LogP contribution >= 0.6 is 0 Å². The lowest BCUT2D eigenvalue weighted by molar-refractivity contribution is 0.665. The highest BCUT2D eigenvalue weighted by Crippen LogP contribution is 2.44. The van der Waals surface area contributed by atoms with Crippen molar-refractivity contribution >= 4 is 87.6 Å². The van der Waals surface area contributed by atoms with Gasteiger partial charge in [-0.05, 0) is 60.2 Å². The Bertz CT molecular complexity index is 3330. The third-order valence-corrected chi connectivity index (χ3v) is 10.6. The van der Waals surface area contributed by atoms with Gasteiger partial charge in [0.25, 0.3) is 0 Å². The molecule has 0 aliphatic rings. The average Bonchev–Trinajstić information content (AvgIpc) is 3.95. The van der Waals surface area contributed by atoms with E-state index in [9.17, 15) is 0 Å². The van der Waals surface area contributed by atoms with E-state index in [-0.39, 0.29) is 0 Å². The minimum absolute atomic E-state index is 0.607. The molecule has 5 aromatic heterocycles. The topological polar surface area (TPSA) is 61.9 Å². The molecule has 12 aromatic rings. The second-order valence-corrected chi connectivity index (χ2v) is 13.4. The summed E-state index contributed by atoms with van der Waals surface area (Å²) in [6.07, 6.45) is 1.80. The molecule has 0 bridgehead atoms. The van der Waals surface area contributed by atoms with Crippen LogP contribution in [0.25, 0.3) is 110 Å². The van der Waals surface area contributed by atoms with Crippen LogP contribution in [0.5, 0.6) is 0 Å². The Morgan fingerprint density at radius 1 is 0.423 bits per heavy atom. The van der Waals surface area contributed by atoms with Gasteiger partial charge in [0.15, 0.2) is 5.58 Å². The highest BCUT2D eigenvalue weighted by molar-refractivity contribution is 6.17. The van der Waals surface area contributed by atoms with Gasteiger partial charge in [-0.1, -0.05) is 97.1 Å². The number of nitrogens with zero attached hydrogens (tertiary/aromatic N) is 4. The fourth-order valence-electron chi connectivity index (χ4n) is 8.39. The van der Waals surface area contributed by atoms with Gasteiger partial charge in [0, 0.05) is 37.9 Å². The van der Waals surface area contributed by atoms with E-state index in [0.717, 1.165) is 77.3 Å². The summed E-state index contributed by atoms with van der Waals surface area (Å²) in [7, 11) is 0. The van der Waals surface area contributed by atoms with Crippen LogP contribution in [-0.2, 0) is 0 Å². The molecule has 0 unspecified atom stereocenters. The van der Waals surface area contributed by atoms with E-state index >= 15 is 0 Å². The largest absolute Gasteiger partial charge is 0.456 e. The van der Waals surface area contributed by atoms with E-state index in [1.54, 1.807) is 6.20 Å². The molecule has 5 heterocycles. The van der Waals surface area contributed by atoms with Crippen LogP contribution in [0.2, 0.25) is 0 Å². The first-order chi connectivity index (χ1) is 25.8. The molecule has 0 N–H and O–H groups in total. The predicted octanol–water partition coefficient (Wildman–Crippen LogP) is 12.1. The van der Waals surface area contributed by atoms with Gasteiger partial charge in [-0.3, -0.25) is 4.57 Å². The Morgan fingerprint density at radius 3 is 1.60 bits per heavy atom. The quantitative estimate of drug-likeness (QED) is 0.188. The predicted molar refractivity (Wildman–Crippen MR) is 211 cm³/mol. The number of aromatic nitrogens is 4. The number of furan rings is 2. The summed E-state index contributed by atoms with van der Waals surface area (Å²) in [5.74, 6) is 0.607. The number of hydrogen-bond acceptors (Lipinski definition) is 4. The number of para-hydroxylation sites is 5. The molecule has 7 aromatic carbocycles. The van der Waals surface area contributed by atoms with Crippen molar-refractivity contribution in [2.75, 3.05) is 0 Å². The average molecular weight is 667 g/mol. The number of rotatable bonds is 3. The van der Waals surface area contributed by atoms with Crippen molar-refractivity contribution < 1.29 is 8.83 Å². The first kappa shape index (κ1) is 27.6. The molecule has 6 nitrogen and oxygen atoms in total. The van der Waals surface area contributed by atoms with E-state index in [1.807, 2.05) is 12.1 Å². The third-order valence-electron chi connectivity index (χ3n) is 10.6. The summed E-state index contributed by atoms with van der Waals surface area (Å²) in [5.41, 5.74) is 11.5. The van der Waals surface area contributed by atoms with Gasteiger partial charge in [-0.25, -0.2) is 9.97 Å². The summed E-state index contributed by atoms with van der Waals surface area (Å²) < 4.78 is 17.4. The SMILES string of the molecule is c1ccc2c(c1)oc1ccc(-c3ccc4oc5cnc(-n6c7ccccc7c7ccccc76)nc5c4c3)c(-n3c4ccccc4c4ccccc43)c12. The second-order valence-electron chi connectivity index (χ2n) is 13.4. The summed E-state index contributed by atoms with van der Waals surface area (Å²) in [5, 5.41) is 7.84. The summed E-state index contributed by atoms with van der Waals surface area (Å²) in [4.78, 5) is 10.0. The van der Waals surface area contributed by atoms with Gasteiger partial charge >= 0.3 is 0 Å². The lowest BCUT2D eigenvalue weighted by atomic mass is 9.98. The molecule has 52 heavy (non-hydrogen) atoms. The molecule has 0 atom stereocenters. The van der Waals surface area contributed by atoms with Crippen LogP contribution in [0.1, 0.15) is 0 Å².